The van der Waals surface area contributed by atoms with Crippen molar-refractivity contribution < 1.29 is 0 Å². The number of hydrogen-bond donors (Lipinski definition) is 1. The van der Waals surface area contributed by atoms with Gasteiger partial charge in [-0.15, -0.1) is 0 Å². The molecule has 10 heteroatoms. The maximum atomic E-state index is 5.88. The molecule has 0 aliphatic rings. The van der Waals surface area contributed by atoms with Crippen molar-refractivity contribution in [3.63, 3.8) is 0 Å². The lowest BCUT2D eigenvalue weighted by Gasteiger charge is -2.28. The van der Waals surface area contributed by atoms with Gasteiger partial charge in [0.15, 0.2) is 0 Å². The Labute approximate surface area is 155 Å². The van der Waals surface area contributed by atoms with Crippen LogP contribution in [0.15, 0.2) is 12.1 Å². The van der Waals surface area contributed by atoms with Gasteiger partial charge in [-0.1, -0.05) is 110 Å². The monoisotopic (exact) mass is 441 g/mol. The number of hydrogen-bond acceptors (Lipinski definition) is 1. The Kier molecular flexibility index (Phi) is 5.92. The Hall–Kier alpha value is 1.63. The van der Waals surface area contributed by atoms with Crippen LogP contribution in [0.3, 0.4) is 0 Å². The Morgan fingerprint density at radius 1 is 0.632 bits per heavy atom. The standard InChI is InChI=1S/C9H4Cl9N/c10-7(11,12)3-1-2-4(19)6(9(16,17)18)5(3)8(13,14)15/h1-2H,19H2. The van der Waals surface area contributed by atoms with Gasteiger partial charge in [0.2, 0.25) is 11.4 Å². The third kappa shape index (κ3) is 4.55. The van der Waals surface area contributed by atoms with Crippen molar-refractivity contribution in [1.29, 1.82) is 0 Å². The van der Waals surface area contributed by atoms with E-state index in [1.807, 2.05) is 0 Å². The molecule has 0 saturated heterocycles. The first-order valence-electron chi connectivity index (χ1n) is 4.40. The van der Waals surface area contributed by atoms with Crippen molar-refractivity contribution in [3.8, 4) is 0 Å². The fourth-order valence-corrected chi connectivity index (χ4v) is 3.13. The van der Waals surface area contributed by atoms with Crippen molar-refractivity contribution in [1.82, 2.24) is 0 Å². The van der Waals surface area contributed by atoms with Crippen LogP contribution in [-0.2, 0) is 11.4 Å². The molecule has 0 bridgehead atoms. The maximum Gasteiger partial charge on any atom is 0.218 e. The molecule has 0 saturated carbocycles. The summed E-state index contributed by atoms with van der Waals surface area (Å²) in [4.78, 5) is 0. The van der Waals surface area contributed by atoms with Crippen LogP contribution in [0.5, 0.6) is 0 Å². The summed E-state index contributed by atoms with van der Waals surface area (Å²) < 4.78 is -5.82. The number of halogens is 9. The molecule has 108 valence electrons. The summed E-state index contributed by atoms with van der Waals surface area (Å²) in [6.07, 6.45) is 0. The lowest BCUT2D eigenvalue weighted by Crippen LogP contribution is -2.20. The van der Waals surface area contributed by atoms with Crippen LogP contribution in [0.4, 0.5) is 5.69 Å². The minimum absolute atomic E-state index is 0.0404. The van der Waals surface area contributed by atoms with Crippen LogP contribution in [0.2, 0.25) is 0 Å². The summed E-state index contributed by atoms with van der Waals surface area (Å²) >= 11 is 52.6. The van der Waals surface area contributed by atoms with Crippen LogP contribution >= 0.6 is 104 Å². The highest BCUT2D eigenvalue weighted by Crippen LogP contribution is 2.55. The second-order valence-corrected chi connectivity index (χ2v) is 10.3. The molecule has 1 rings (SSSR count). The molecule has 1 nitrogen and oxygen atoms in total. The summed E-state index contributed by atoms with van der Waals surface area (Å²) in [5.41, 5.74) is 5.81. The van der Waals surface area contributed by atoms with Gasteiger partial charge in [-0.3, -0.25) is 0 Å². The third-order valence-electron chi connectivity index (χ3n) is 2.11. The zero-order chi connectivity index (χ0) is 15.2. The van der Waals surface area contributed by atoms with E-state index >= 15 is 0 Å². The van der Waals surface area contributed by atoms with Crippen LogP contribution in [-0.4, -0.2) is 0 Å². The predicted octanol–water partition coefficient (Wildman–Crippen LogP) is 6.75. The van der Waals surface area contributed by atoms with E-state index in [0.717, 1.165) is 0 Å². The molecule has 0 fully saturated rings. The quantitative estimate of drug-likeness (QED) is 0.347. The predicted molar refractivity (Wildman–Crippen MR) is 88.6 cm³/mol. The molecule has 0 aliphatic carbocycles. The van der Waals surface area contributed by atoms with Gasteiger partial charge < -0.3 is 5.73 Å². The molecule has 19 heavy (non-hydrogen) atoms. The van der Waals surface area contributed by atoms with Gasteiger partial charge in [0.1, 0.15) is 0 Å². The van der Waals surface area contributed by atoms with Gasteiger partial charge in [-0.25, -0.2) is 0 Å². The van der Waals surface area contributed by atoms with E-state index in [4.69, 9.17) is 110 Å². The number of alkyl halides is 9. The van der Waals surface area contributed by atoms with Crippen LogP contribution in [0.25, 0.3) is 0 Å². The van der Waals surface area contributed by atoms with Crippen molar-refractivity contribution in [2.45, 2.75) is 11.4 Å². The van der Waals surface area contributed by atoms with Gasteiger partial charge in [0, 0.05) is 22.4 Å². The molecular weight excluding hydrogens is 441 g/mol. The normalized spacial score (nSPS) is 13.7. The Bertz CT molecular complexity index is 480. The molecule has 0 radical (unpaired) electrons. The summed E-state index contributed by atoms with van der Waals surface area (Å²) in [6.45, 7) is 0. The Morgan fingerprint density at radius 3 is 1.37 bits per heavy atom. The van der Waals surface area contributed by atoms with Gasteiger partial charge in [0.25, 0.3) is 0 Å². The van der Waals surface area contributed by atoms with Gasteiger partial charge in [-0.2, -0.15) is 0 Å². The lowest BCUT2D eigenvalue weighted by molar-refractivity contribution is 1.05. The largest absolute Gasteiger partial charge is 0.398 e. The zero-order valence-corrected chi connectivity index (χ0v) is 15.4. The first-order chi connectivity index (χ1) is 8.26. The number of nitrogens with two attached hydrogens (primary N) is 1. The highest BCUT2D eigenvalue weighted by Gasteiger charge is 2.42. The van der Waals surface area contributed by atoms with Crippen molar-refractivity contribution in [2.75, 3.05) is 5.73 Å². The summed E-state index contributed by atoms with van der Waals surface area (Å²) in [5, 5.41) is 0. The van der Waals surface area contributed by atoms with Gasteiger partial charge in [0.05, 0.1) is 0 Å². The molecule has 0 amide bonds. The number of nitrogen functional groups attached to an aromatic ring is 1. The van der Waals surface area contributed by atoms with E-state index in [0.29, 0.717) is 0 Å². The second-order valence-electron chi connectivity index (χ2n) is 3.45. The first kappa shape index (κ1) is 18.7. The zero-order valence-electron chi connectivity index (χ0n) is 8.63. The molecule has 0 heterocycles. The topological polar surface area (TPSA) is 26.0 Å². The van der Waals surface area contributed by atoms with Crippen molar-refractivity contribution in [2.24, 2.45) is 0 Å². The van der Waals surface area contributed by atoms with E-state index in [2.05, 4.69) is 0 Å². The molecule has 0 aromatic heterocycles. The first-order valence-corrected chi connectivity index (χ1v) is 7.80. The van der Waals surface area contributed by atoms with E-state index in [-0.39, 0.29) is 22.4 Å². The Morgan fingerprint density at radius 2 is 1.05 bits per heavy atom. The fraction of sp³-hybridized carbons (Fsp3) is 0.333. The molecule has 0 spiro atoms. The summed E-state index contributed by atoms with van der Waals surface area (Å²) in [6, 6.07) is 2.79. The lowest BCUT2D eigenvalue weighted by atomic mass is 10.0. The molecule has 0 unspecified atom stereocenters. The van der Waals surface area contributed by atoms with E-state index in [1.54, 1.807) is 0 Å². The average molecular weight is 445 g/mol. The molecule has 1 aromatic carbocycles. The molecule has 1 aromatic rings. The van der Waals surface area contributed by atoms with Crippen LogP contribution in [0, 0.1) is 0 Å². The van der Waals surface area contributed by atoms with E-state index in [9.17, 15) is 0 Å². The Balaban J connectivity index is 3.82. The average Bonchev–Trinajstić information content (AvgIpc) is 2.11. The highest BCUT2D eigenvalue weighted by molar-refractivity contribution is 6.70. The van der Waals surface area contributed by atoms with Gasteiger partial charge in [-0.05, 0) is 6.07 Å². The molecule has 0 atom stereocenters. The van der Waals surface area contributed by atoms with Crippen molar-refractivity contribution in [3.05, 3.63) is 28.8 Å². The number of benzene rings is 1. The SMILES string of the molecule is Nc1ccc(C(Cl)(Cl)Cl)c(C(Cl)(Cl)Cl)c1C(Cl)(Cl)Cl. The summed E-state index contributed by atoms with van der Waals surface area (Å²) in [7, 11) is 0. The minimum Gasteiger partial charge on any atom is -0.398 e. The second kappa shape index (κ2) is 6.02. The molecular formula is C9H4Cl9N. The van der Waals surface area contributed by atoms with Gasteiger partial charge >= 0.3 is 0 Å². The number of anilines is 1. The molecule has 0 aliphatic heterocycles. The fourth-order valence-electron chi connectivity index (χ4n) is 1.45. The van der Waals surface area contributed by atoms with Crippen LogP contribution in [0.1, 0.15) is 16.7 Å². The summed E-state index contributed by atoms with van der Waals surface area (Å²) in [5.74, 6) is 0. The highest BCUT2D eigenvalue weighted by atomic mass is 35.6. The smallest absolute Gasteiger partial charge is 0.218 e. The minimum atomic E-state index is -1.99. The van der Waals surface area contributed by atoms with E-state index in [1.165, 1.54) is 12.1 Å². The van der Waals surface area contributed by atoms with Crippen molar-refractivity contribution >= 4 is 110 Å². The third-order valence-corrected chi connectivity index (χ3v) is 3.85. The molecule has 2 N–H and O–H groups in total. The number of rotatable bonds is 0. The van der Waals surface area contributed by atoms with Crippen LogP contribution < -0.4 is 5.73 Å². The van der Waals surface area contributed by atoms with E-state index < -0.39 is 11.4 Å². The maximum absolute atomic E-state index is 5.88.